The van der Waals surface area contributed by atoms with Crippen molar-refractivity contribution in [3.63, 3.8) is 0 Å². The van der Waals surface area contributed by atoms with Crippen LogP contribution in [0, 0.1) is 0 Å². The Kier molecular flexibility index (Phi) is 4.65. The van der Waals surface area contributed by atoms with E-state index in [1.807, 2.05) is 37.3 Å². The molecule has 0 saturated heterocycles. The van der Waals surface area contributed by atoms with Gasteiger partial charge in [0.2, 0.25) is 0 Å². The average molecular weight is 276 g/mol. The van der Waals surface area contributed by atoms with Gasteiger partial charge in [0.1, 0.15) is 5.69 Å². The van der Waals surface area contributed by atoms with E-state index in [1.54, 1.807) is 10.9 Å². The Balaban J connectivity index is 1.88. The maximum absolute atomic E-state index is 11.8. The lowest BCUT2D eigenvalue weighted by atomic mass is 10.0. The van der Waals surface area contributed by atoms with E-state index in [-0.39, 0.29) is 11.9 Å². The van der Waals surface area contributed by atoms with Gasteiger partial charge in [-0.2, -0.15) is 0 Å². The van der Waals surface area contributed by atoms with Crippen molar-refractivity contribution in [2.75, 3.05) is 0 Å². The van der Waals surface area contributed by atoms with Gasteiger partial charge >= 0.3 is 0 Å². The Hall–Kier alpha value is -1.72. The van der Waals surface area contributed by atoms with E-state index < -0.39 is 6.10 Å². The molecule has 0 aliphatic rings. The van der Waals surface area contributed by atoms with Gasteiger partial charge in [-0.3, -0.25) is 4.79 Å². The van der Waals surface area contributed by atoms with E-state index in [9.17, 15) is 9.90 Å². The molecular formula is C14H16N2O2S. The molecule has 1 heterocycles. The van der Waals surface area contributed by atoms with Gasteiger partial charge < -0.3 is 10.4 Å². The van der Waals surface area contributed by atoms with Gasteiger partial charge in [-0.15, -0.1) is 11.3 Å². The van der Waals surface area contributed by atoms with Crippen LogP contribution in [0.4, 0.5) is 0 Å². The van der Waals surface area contributed by atoms with E-state index in [1.165, 1.54) is 11.3 Å². The highest BCUT2D eigenvalue weighted by molar-refractivity contribution is 7.07. The second-order valence-electron chi connectivity index (χ2n) is 4.41. The van der Waals surface area contributed by atoms with Crippen LogP contribution in [0.25, 0.3) is 0 Å². The first-order chi connectivity index (χ1) is 9.16. The van der Waals surface area contributed by atoms with Crippen LogP contribution in [-0.2, 0) is 0 Å². The van der Waals surface area contributed by atoms with Crippen molar-refractivity contribution in [1.29, 1.82) is 0 Å². The Bertz CT molecular complexity index is 514. The van der Waals surface area contributed by atoms with Crippen LogP contribution in [0.15, 0.2) is 41.2 Å². The number of amides is 1. The Morgan fingerprint density at radius 3 is 2.79 bits per heavy atom. The molecular weight excluding hydrogens is 260 g/mol. The highest BCUT2D eigenvalue weighted by atomic mass is 32.1. The van der Waals surface area contributed by atoms with E-state index in [2.05, 4.69) is 10.3 Å². The molecule has 0 radical (unpaired) electrons. The van der Waals surface area contributed by atoms with Crippen LogP contribution in [0.1, 0.15) is 35.5 Å². The quantitative estimate of drug-likeness (QED) is 0.881. The normalized spacial score (nSPS) is 13.8. The largest absolute Gasteiger partial charge is 0.388 e. The summed E-state index contributed by atoms with van der Waals surface area (Å²) in [6.07, 6.45) is -0.105. The molecule has 2 N–H and O–H groups in total. The second-order valence-corrected chi connectivity index (χ2v) is 5.13. The van der Waals surface area contributed by atoms with Crippen molar-refractivity contribution in [3.8, 4) is 0 Å². The molecule has 0 unspecified atom stereocenters. The summed E-state index contributed by atoms with van der Waals surface area (Å²) < 4.78 is 0. The minimum Gasteiger partial charge on any atom is -0.388 e. The molecule has 0 aliphatic heterocycles. The predicted molar refractivity (Wildman–Crippen MR) is 75.1 cm³/mol. The molecule has 100 valence electrons. The van der Waals surface area contributed by atoms with E-state index in [0.29, 0.717) is 12.1 Å². The van der Waals surface area contributed by atoms with Gasteiger partial charge in [0.05, 0.1) is 11.6 Å². The molecule has 2 rings (SSSR count). The molecule has 0 saturated carbocycles. The molecule has 0 fully saturated rings. The van der Waals surface area contributed by atoms with Crippen LogP contribution < -0.4 is 5.32 Å². The van der Waals surface area contributed by atoms with Gasteiger partial charge in [-0.25, -0.2) is 4.98 Å². The molecule has 5 heteroatoms. The van der Waals surface area contributed by atoms with E-state index >= 15 is 0 Å². The van der Waals surface area contributed by atoms with Crippen LogP contribution in [0.3, 0.4) is 0 Å². The number of thiazole rings is 1. The Morgan fingerprint density at radius 2 is 2.16 bits per heavy atom. The number of hydrogen-bond donors (Lipinski definition) is 2. The number of hydrogen-bond acceptors (Lipinski definition) is 4. The number of nitrogens with zero attached hydrogens (tertiary/aromatic N) is 1. The highest BCUT2D eigenvalue weighted by Gasteiger charge is 2.15. The van der Waals surface area contributed by atoms with Crippen LogP contribution >= 0.6 is 11.3 Å². The maximum Gasteiger partial charge on any atom is 0.270 e. The van der Waals surface area contributed by atoms with Crippen LogP contribution in [0.5, 0.6) is 0 Å². The summed E-state index contributed by atoms with van der Waals surface area (Å²) >= 11 is 1.38. The number of rotatable bonds is 5. The maximum atomic E-state index is 11.8. The summed E-state index contributed by atoms with van der Waals surface area (Å²) in [6.45, 7) is 1.87. The number of aliphatic hydroxyl groups is 1. The SMILES string of the molecule is C[C@H](C[C@@H](O)c1ccccc1)NC(=O)c1cscn1. The number of aliphatic hydroxyl groups excluding tert-OH is 1. The minimum atomic E-state index is -0.577. The third kappa shape index (κ3) is 3.87. The molecule has 1 aromatic carbocycles. The summed E-state index contributed by atoms with van der Waals surface area (Å²) in [5.41, 5.74) is 2.90. The zero-order valence-electron chi connectivity index (χ0n) is 10.6. The van der Waals surface area contributed by atoms with E-state index in [0.717, 1.165) is 5.56 Å². The molecule has 19 heavy (non-hydrogen) atoms. The van der Waals surface area contributed by atoms with Gasteiger partial charge in [0.25, 0.3) is 5.91 Å². The number of benzene rings is 1. The third-order valence-corrected chi connectivity index (χ3v) is 3.39. The molecule has 0 bridgehead atoms. The monoisotopic (exact) mass is 276 g/mol. The fourth-order valence-corrected chi connectivity index (χ4v) is 2.36. The van der Waals surface area contributed by atoms with Crippen LogP contribution in [-0.4, -0.2) is 22.0 Å². The predicted octanol–water partition coefficient (Wildman–Crippen LogP) is 2.39. The summed E-state index contributed by atoms with van der Waals surface area (Å²) in [7, 11) is 0. The standard InChI is InChI=1S/C14H16N2O2S/c1-10(16-14(18)12-8-19-9-15-12)7-13(17)11-5-3-2-4-6-11/h2-6,8-10,13,17H,7H2,1H3,(H,16,18)/t10-,13-/m1/s1. The summed E-state index contributed by atoms with van der Waals surface area (Å²) in [5.74, 6) is -0.200. The topological polar surface area (TPSA) is 62.2 Å². The first-order valence-corrected chi connectivity index (χ1v) is 7.03. The first kappa shape index (κ1) is 13.7. The second kappa shape index (κ2) is 6.45. The van der Waals surface area contributed by atoms with Crippen molar-refractivity contribution in [2.24, 2.45) is 0 Å². The minimum absolute atomic E-state index is 0.121. The third-order valence-electron chi connectivity index (χ3n) is 2.80. The van der Waals surface area contributed by atoms with Crippen molar-refractivity contribution in [3.05, 3.63) is 52.5 Å². The van der Waals surface area contributed by atoms with Gasteiger partial charge in [0, 0.05) is 11.4 Å². The highest BCUT2D eigenvalue weighted by Crippen LogP contribution is 2.17. The average Bonchev–Trinajstić information content (AvgIpc) is 2.93. The van der Waals surface area contributed by atoms with Gasteiger partial charge in [-0.1, -0.05) is 30.3 Å². The lowest BCUT2D eigenvalue weighted by molar-refractivity contribution is 0.0912. The fourth-order valence-electron chi connectivity index (χ4n) is 1.83. The summed E-state index contributed by atoms with van der Waals surface area (Å²) in [5, 5.41) is 14.6. The molecule has 4 nitrogen and oxygen atoms in total. The number of aromatic nitrogens is 1. The zero-order valence-corrected chi connectivity index (χ0v) is 11.4. The number of nitrogens with one attached hydrogen (secondary N) is 1. The summed E-state index contributed by atoms with van der Waals surface area (Å²) in [6, 6.07) is 9.31. The van der Waals surface area contributed by atoms with Crippen molar-refractivity contribution in [2.45, 2.75) is 25.5 Å². The number of carbonyl (C=O) groups excluding carboxylic acids is 1. The lowest BCUT2D eigenvalue weighted by Crippen LogP contribution is -2.33. The molecule has 1 amide bonds. The number of carbonyl (C=O) groups is 1. The van der Waals surface area contributed by atoms with Gasteiger partial charge in [-0.05, 0) is 18.9 Å². The molecule has 2 aromatic rings. The Labute approximate surface area is 116 Å². The van der Waals surface area contributed by atoms with Crippen molar-refractivity contribution < 1.29 is 9.90 Å². The Morgan fingerprint density at radius 1 is 1.42 bits per heavy atom. The van der Waals surface area contributed by atoms with Crippen LogP contribution in [0.2, 0.25) is 0 Å². The first-order valence-electron chi connectivity index (χ1n) is 6.09. The molecule has 0 aliphatic carbocycles. The zero-order chi connectivity index (χ0) is 13.7. The van der Waals surface area contributed by atoms with Crippen molar-refractivity contribution >= 4 is 17.2 Å². The lowest BCUT2D eigenvalue weighted by Gasteiger charge is -2.17. The molecule has 2 atom stereocenters. The van der Waals surface area contributed by atoms with Crippen molar-refractivity contribution in [1.82, 2.24) is 10.3 Å². The fraction of sp³-hybridized carbons (Fsp3) is 0.286. The van der Waals surface area contributed by atoms with Gasteiger partial charge in [0.15, 0.2) is 0 Å². The van der Waals surface area contributed by atoms with E-state index in [4.69, 9.17) is 0 Å². The smallest absolute Gasteiger partial charge is 0.270 e. The molecule has 1 aromatic heterocycles. The molecule has 0 spiro atoms. The summed E-state index contributed by atoms with van der Waals surface area (Å²) in [4.78, 5) is 15.7.